The number of carbonyl (C=O) groups is 1. The average Bonchev–Trinajstić information content (AvgIpc) is 3.17. The Hall–Kier alpha value is -3.38. The molecule has 0 spiro atoms. The van der Waals surface area contributed by atoms with E-state index in [1.807, 2.05) is 42.5 Å². The van der Waals surface area contributed by atoms with Gasteiger partial charge in [0.25, 0.3) is 5.56 Å². The van der Waals surface area contributed by atoms with Crippen LogP contribution in [0.15, 0.2) is 71.3 Å². The summed E-state index contributed by atoms with van der Waals surface area (Å²) in [7, 11) is 0. The van der Waals surface area contributed by atoms with Crippen LogP contribution in [0.4, 0.5) is 0 Å². The molecule has 0 unspecified atom stereocenters. The number of aromatic nitrogens is 3. The molecule has 4 aromatic rings. The van der Waals surface area contributed by atoms with Gasteiger partial charge in [0, 0.05) is 17.0 Å². The first-order chi connectivity index (χ1) is 16.6. The summed E-state index contributed by atoms with van der Waals surface area (Å²) < 4.78 is 3.34. The van der Waals surface area contributed by atoms with Gasteiger partial charge in [-0.25, -0.2) is 4.98 Å². The Morgan fingerprint density at radius 2 is 1.91 bits per heavy atom. The third-order valence-electron chi connectivity index (χ3n) is 6.49. The van der Waals surface area contributed by atoms with Gasteiger partial charge in [-0.05, 0) is 49.8 Å². The van der Waals surface area contributed by atoms with Crippen molar-refractivity contribution in [2.45, 2.75) is 45.2 Å². The largest absolute Gasteiger partial charge is 0.354 e. The van der Waals surface area contributed by atoms with Gasteiger partial charge >= 0.3 is 0 Å². The smallest absolute Gasteiger partial charge is 0.278 e. The molecule has 1 aliphatic carbocycles. The Labute approximate surface area is 202 Å². The maximum Gasteiger partial charge on any atom is 0.278 e. The lowest BCUT2D eigenvalue weighted by atomic mass is 9.97. The molecule has 1 amide bonds. The third-order valence-corrected chi connectivity index (χ3v) is 6.86. The Morgan fingerprint density at radius 3 is 2.74 bits per heavy atom. The topological polar surface area (TPSA) is 68.9 Å². The van der Waals surface area contributed by atoms with Crippen LogP contribution < -0.4 is 10.9 Å². The van der Waals surface area contributed by atoms with Crippen LogP contribution in [-0.2, 0) is 17.9 Å². The highest BCUT2D eigenvalue weighted by molar-refractivity contribution is 6.31. The number of rotatable bonds is 7. The zero-order valence-electron chi connectivity index (χ0n) is 19.0. The van der Waals surface area contributed by atoms with Crippen molar-refractivity contribution in [1.82, 2.24) is 19.4 Å². The number of amides is 1. The number of halogens is 1. The number of hydrogen-bond acceptors (Lipinski definition) is 3. The monoisotopic (exact) mass is 474 g/mol. The van der Waals surface area contributed by atoms with E-state index < -0.39 is 0 Å². The Morgan fingerprint density at radius 1 is 1.09 bits per heavy atom. The van der Waals surface area contributed by atoms with Gasteiger partial charge in [0.1, 0.15) is 17.6 Å². The van der Waals surface area contributed by atoms with Crippen LogP contribution in [0.3, 0.4) is 0 Å². The zero-order valence-corrected chi connectivity index (χ0v) is 19.7. The molecule has 6 nitrogen and oxygen atoms in total. The predicted molar refractivity (Wildman–Crippen MR) is 136 cm³/mol. The molecule has 0 saturated carbocycles. The number of fused-ring (bicyclic) bond motifs is 3. The lowest BCUT2D eigenvalue weighted by Gasteiger charge is -2.13. The molecule has 0 bridgehead atoms. The molecule has 2 aromatic heterocycles. The van der Waals surface area contributed by atoms with E-state index in [-0.39, 0.29) is 18.0 Å². The molecular weight excluding hydrogens is 448 g/mol. The number of allylic oxidation sites excluding steroid dienone is 1. The fourth-order valence-electron chi connectivity index (χ4n) is 4.73. The number of hydrogen-bond donors (Lipinski definition) is 1. The molecule has 0 aliphatic heterocycles. The number of nitrogens with one attached hydrogen (secondary N) is 1. The molecule has 0 fully saturated rings. The Bertz CT molecular complexity index is 1450. The average molecular weight is 475 g/mol. The van der Waals surface area contributed by atoms with Gasteiger partial charge in [-0.1, -0.05) is 59.6 Å². The highest BCUT2D eigenvalue weighted by Crippen LogP contribution is 2.25. The van der Waals surface area contributed by atoms with Gasteiger partial charge in [-0.2, -0.15) is 0 Å². The molecule has 2 aromatic carbocycles. The van der Waals surface area contributed by atoms with Crippen molar-refractivity contribution < 1.29 is 4.79 Å². The summed E-state index contributed by atoms with van der Waals surface area (Å²) in [5.74, 6) is -0.111. The molecular formula is C27H27ClN4O2. The van der Waals surface area contributed by atoms with Crippen LogP contribution in [0, 0.1) is 0 Å². The van der Waals surface area contributed by atoms with Crippen molar-refractivity contribution in [2.24, 2.45) is 0 Å². The van der Waals surface area contributed by atoms with Crippen molar-refractivity contribution in [1.29, 1.82) is 0 Å². The second-order valence-corrected chi connectivity index (χ2v) is 9.18. The molecule has 34 heavy (non-hydrogen) atoms. The van der Waals surface area contributed by atoms with Gasteiger partial charge in [0.15, 0.2) is 0 Å². The van der Waals surface area contributed by atoms with E-state index in [1.54, 1.807) is 21.5 Å². The van der Waals surface area contributed by atoms with Crippen LogP contribution in [0.5, 0.6) is 0 Å². The Balaban J connectivity index is 1.45. The first-order valence-corrected chi connectivity index (χ1v) is 12.1. The number of carbonyl (C=O) groups excluding carboxylic acids is 1. The molecule has 5 rings (SSSR count). The van der Waals surface area contributed by atoms with Gasteiger partial charge < -0.3 is 9.88 Å². The number of nitrogens with zero attached hydrogens (tertiary/aromatic N) is 3. The lowest BCUT2D eigenvalue weighted by molar-refractivity contribution is -0.121. The second kappa shape index (κ2) is 9.85. The minimum atomic E-state index is -0.193. The molecule has 0 saturated heterocycles. The minimum absolute atomic E-state index is 0.0656. The SMILES string of the molecule is O=C(Cn1c2ccccc2c2ncn(Cc3ccccc3Cl)c(=O)c21)NCCC1=CCCCC1. The van der Waals surface area contributed by atoms with Crippen molar-refractivity contribution in [2.75, 3.05) is 6.54 Å². The van der Waals surface area contributed by atoms with Crippen LogP contribution >= 0.6 is 11.6 Å². The van der Waals surface area contributed by atoms with Crippen molar-refractivity contribution in [3.05, 3.63) is 87.4 Å². The molecule has 1 aliphatic rings. The van der Waals surface area contributed by atoms with E-state index in [2.05, 4.69) is 16.4 Å². The summed E-state index contributed by atoms with van der Waals surface area (Å²) in [4.78, 5) is 31.0. The zero-order chi connectivity index (χ0) is 23.5. The highest BCUT2D eigenvalue weighted by atomic mass is 35.5. The molecule has 2 heterocycles. The van der Waals surface area contributed by atoms with E-state index >= 15 is 0 Å². The van der Waals surface area contributed by atoms with Crippen molar-refractivity contribution in [3.63, 3.8) is 0 Å². The van der Waals surface area contributed by atoms with Gasteiger partial charge in [0.05, 0.1) is 18.4 Å². The van der Waals surface area contributed by atoms with Gasteiger partial charge in [0.2, 0.25) is 5.91 Å². The maximum atomic E-state index is 13.6. The summed E-state index contributed by atoms with van der Waals surface area (Å²) >= 11 is 6.32. The summed E-state index contributed by atoms with van der Waals surface area (Å²) in [5, 5.41) is 4.49. The van der Waals surface area contributed by atoms with Gasteiger partial charge in [-0.3, -0.25) is 14.2 Å². The molecule has 174 valence electrons. The fourth-order valence-corrected chi connectivity index (χ4v) is 4.92. The summed E-state index contributed by atoms with van der Waals surface area (Å²) in [5.41, 5.74) is 3.93. The number of para-hydroxylation sites is 1. The summed E-state index contributed by atoms with van der Waals surface area (Å²) in [6.45, 7) is 0.983. The van der Waals surface area contributed by atoms with Crippen LogP contribution in [0.25, 0.3) is 21.9 Å². The molecule has 0 atom stereocenters. The van der Waals surface area contributed by atoms with E-state index in [1.165, 1.54) is 18.4 Å². The van der Waals surface area contributed by atoms with Gasteiger partial charge in [-0.15, -0.1) is 0 Å². The van der Waals surface area contributed by atoms with E-state index in [0.29, 0.717) is 29.1 Å². The maximum absolute atomic E-state index is 13.6. The quantitative estimate of drug-likeness (QED) is 0.381. The van der Waals surface area contributed by atoms with Crippen LogP contribution in [0.2, 0.25) is 5.02 Å². The first kappa shape index (κ1) is 22.4. The number of benzene rings is 2. The van der Waals surface area contributed by atoms with E-state index in [0.717, 1.165) is 35.7 Å². The molecule has 0 radical (unpaired) electrons. The summed E-state index contributed by atoms with van der Waals surface area (Å²) in [6.07, 6.45) is 9.49. The lowest BCUT2D eigenvalue weighted by Crippen LogP contribution is -2.30. The van der Waals surface area contributed by atoms with Crippen LogP contribution in [-0.4, -0.2) is 26.6 Å². The first-order valence-electron chi connectivity index (χ1n) is 11.8. The van der Waals surface area contributed by atoms with Crippen molar-refractivity contribution >= 4 is 39.4 Å². The Kier molecular flexibility index (Phi) is 6.50. The summed E-state index contributed by atoms with van der Waals surface area (Å²) in [6, 6.07) is 15.1. The fraction of sp³-hybridized carbons (Fsp3) is 0.296. The highest BCUT2D eigenvalue weighted by Gasteiger charge is 2.18. The van der Waals surface area contributed by atoms with E-state index in [4.69, 9.17) is 11.6 Å². The normalized spacial score (nSPS) is 13.9. The molecule has 7 heteroatoms. The standard InChI is InChI=1S/C27H27ClN4O2/c28-22-12-6-4-10-20(22)16-31-18-30-25-21-11-5-7-13-23(21)32(26(25)27(31)34)17-24(33)29-15-14-19-8-2-1-3-9-19/h4-8,10-13,18H,1-3,9,14-17H2,(H,29,33). The van der Waals surface area contributed by atoms with E-state index in [9.17, 15) is 9.59 Å². The molecule has 1 N–H and O–H groups in total. The predicted octanol–water partition coefficient (Wildman–Crippen LogP) is 5.06. The van der Waals surface area contributed by atoms with Crippen LogP contribution in [0.1, 0.15) is 37.7 Å². The second-order valence-electron chi connectivity index (χ2n) is 8.78. The third kappa shape index (κ3) is 4.50. The van der Waals surface area contributed by atoms with Crippen molar-refractivity contribution in [3.8, 4) is 0 Å². The minimum Gasteiger partial charge on any atom is -0.354 e.